The third-order valence-electron chi connectivity index (χ3n) is 4.82. The van der Waals surface area contributed by atoms with Gasteiger partial charge in [-0.1, -0.05) is 24.3 Å². The maximum Gasteiger partial charge on any atom is 0.494 e. The molecule has 1 aliphatic rings. The molecular formula is C19H22BBrN2O3. The van der Waals surface area contributed by atoms with Crippen LogP contribution in [0.1, 0.15) is 27.7 Å². The largest absolute Gasteiger partial charge is 0.494 e. The molecule has 0 radical (unpaired) electrons. The van der Waals surface area contributed by atoms with Crippen molar-refractivity contribution >= 4 is 45.9 Å². The molecule has 2 N–H and O–H groups in total. The molecule has 0 atom stereocenters. The van der Waals surface area contributed by atoms with Gasteiger partial charge < -0.3 is 19.9 Å². The molecule has 1 aliphatic heterocycles. The summed E-state index contributed by atoms with van der Waals surface area (Å²) in [6, 6.07) is 14.6. The first-order chi connectivity index (χ1) is 12.2. The van der Waals surface area contributed by atoms with Crippen LogP contribution in [0.4, 0.5) is 16.2 Å². The molecule has 0 aromatic heterocycles. The van der Waals surface area contributed by atoms with Crippen molar-refractivity contribution in [2.45, 2.75) is 38.9 Å². The number of rotatable bonds is 3. The van der Waals surface area contributed by atoms with Crippen molar-refractivity contribution < 1.29 is 14.1 Å². The van der Waals surface area contributed by atoms with Crippen LogP contribution in [0.3, 0.4) is 0 Å². The predicted molar refractivity (Wildman–Crippen MR) is 109 cm³/mol. The van der Waals surface area contributed by atoms with Crippen molar-refractivity contribution in [3.63, 3.8) is 0 Å². The van der Waals surface area contributed by atoms with Crippen molar-refractivity contribution in [2.75, 3.05) is 10.6 Å². The molecule has 2 aromatic carbocycles. The van der Waals surface area contributed by atoms with Gasteiger partial charge >= 0.3 is 13.1 Å². The van der Waals surface area contributed by atoms with Crippen LogP contribution in [0.15, 0.2) is 53.0 Å². The van der Waals surface area contributed by atoms with E-state index in [-0.39, 0.29) is 17.2 Å². The summed E-state index contributed by atoms with van der Waals surface area (Å²) in [6.45, 7) is 8.09. The standard InChI is InChI=1S/C19H22BBrN2O3/c1-18(2)19(3,4)26-20(25-18)13-9-11-14(12-10-13)22-17(24)23-16-8-6-5-7-15(16)21/h5-12H,1-4H3,(H2,22,23,24). The molecule has 26 heavy (non-hydrogen) atoms. The third kappa shape index (κ3) is 3.95. The van der Waals surface area contributed by atoms with Gasteiger partial charge in [-0.15, -0.1) is 0 Å². The van der Waals surface area contributed by atoms with Crippen molar-refractivity contribution in [1.29, 1.82) is 0 Å². The van der Waals surface area contributed by atoms with Gasteiger partial charge in [0, 0.05) is 10.2 Å². The fraction of sp³-hybridized carbons (Fsp3) is 0.316. The van der Waals surface area contributed by atoms with Gasteiger partial charge in [-0.3, -0.25) is 0 Å². The summed E-state index contributed by atoms with van der Waals surface area (Å²) >= 11 is 3.41. The minimum absolute atomic E-state index is 0.305. The zero-order valence-corrected chi connectivity index (χ0v) is 16.9. The van der Waals surface area contributed by atoms with Crippen molar-refractivity contribution in [2.24, 2.45) is 0 Å². The Morgan fingerprint density at radius 1 is 0.923 bits per heavy atom. The molecule has 3 rings (SSSR count). The van der Waals surface area contributed by atoms with E-state index in [1.807, 2.05) is 76.2 Å². The first-order valence-electron chi connectivity index (χ1n) is 8.46. The lowest BCUT2D eigenvalue weighted by Gasteiger charge is -2.32. The van der Waals surface area contributed by atoms with Gasteiger partial charge in [0.25, 0.3) is 0 Å². The molecule has 2 aromatic rings. The number of urea groups is 1. The lowest BCUT2D eigenvalue weighted by atomic mass is 9.79. The summed E-state index contributed by atoms with van der Waals surface area (Å²) in [6.07, 6.45) is 0. The Balaban J connectivity index is 1.63. The first kappa shape index (κ1) is 19.0. The van der Waals surface area contributed by atoms with E-state index in [2.05, 4.69) is 26.6 Å². The number of carbonyl (C=O) groups is 1. The minimum Gasteiger partial charge on any atom is -0.399 e. The highest BCUT2D eigenvalue weighted by Crippen LogP contribution is 2.36. The van der Waals surface area contributed by atoms with Gasteiger partial charge in [0.2, 0.25) is 0 Å². The first-order valence-corrected chi connectivity index (χ1v) is 9.25. The molecule has 0 spiro atoms. The molecule has 5 nitrogen and oxygen atoms in total. The van der Waals surface area contributed by atoms with Gasteiger partial charge in [-0.25, -0.2) is 4.79 Å². The Morgan fingerprint density at radius 2 is 1.50 bits per heavy atom. The predicted octanol–water partition coefficient (Wildman–Crippen LogP) is 4.39. The average molecular weight is 417 g/mol. The van der Waals surface area contributed by atoms with E-state index in [1.54, 1.807) is 0 Å². The highest BCUT2D eigenvalue weighted by molar-refractivity contribution is 9.10. The van der Waals surface area contributed by atoms with E-state index in [1.165, 1.54) is 0 Å². The summed E-state index contributed by atoms with van der Waals surface area (Å²) in [4.78, 5) is 12.2. The van der Waals surface area contributed by atoms with E-state index in [0.29, 0.717) is 11.4 Å². The molecule has 7 heteroatoms. The number of carbonyl (C=O) groups excluding carboxylic acids is 1. The number of hydrogen-bond donors (Lipinski definition) is 2. The van der Waals surface area contributed by atoms with Crippen LogP contribution < -0.4 is 16.1 Å². The fourth-order valence-electron chi connectivity index (χ4n) is 2.55. The normalized spacial score (nSPS) is 17.8. The van der Waals surface area contributed by atoms with Crippen LogP contribution in [0, 0.1) is 0 Å². The van der Waals surface area contributed by atoms with Gasteiger partial charge in [0.15, 0.2) is 0 Å². The summed E-state index contributed by atoms with van der Waals surface area (Å²) in [5.74, 6) is 0. The second-order valence-electron chi connectivity index (χ2n) is 7.27. The maximum absolute atomic E-state index is 12.2. The van der Waals surface area contributed by atoms with E-state index in [0.717, 1.165) is 9.94 Å². The Morgan fingerprint density at radius 3 is 2.08 bits per heavy atom. The van der Waals surface area contributed by atoms with E-state index in [9.17, 15) is 4.79 Å². The second kappa shape index (κ2) is 7.06. The van der Waals surface area contributed by atoms with Crippen LogP contribution in [0.5, 0.6) is 0 Å². The quantitative estimate of drug-likeness (QED) is 0.729. The average Bonchev–Trinajstić information content (AvgIpc) is 2.78. The van der Waals surface area contributed by atoms with E-state index < -0.39 is 7.12 Å². The smallest absolute Gasteiger partial charge is 0.399 e. The third-order valence-corrected chi connectivity index (χ3v) is 5.51. The molecule has 2 amide bonds. The van der Waals surface area contributed by atoms with Crippen LogP contribution in [0.25, 0.3) is 0 Å². The monoisotopic (exact) mass is 416 g/mol. The summed E-state index contributed by atoms with van der Waals surface area (Å²) in [7, 11) is -0.414. The number of anilines is 2. The zero-order valence-electron chi connectivity index (χ0n) is 15.3. The Bertz CT molecular complexity index is 793. The Kier molecular flexibility index (Phi) is 5.15. The van der Waals surface area contributed by atoms with E-state index >= 15 is 0 Å². The highest BCUT2D eigenvalue weighted by atomic mass is 79.9. The summed E-state index contributed by atoms with van der Waals surface area (Å²) in [5, 5.41) is 5.62. The van der Waals surface area contributed by atoms with Crippen molar-refractivity contribution in [3.8, 4) is 0 Å². The number of para-hydroxylation sites is 1. The van der Waals surface area contributed by atoms with E-state index in [4.69, 9.17) is 9.31 Å². The van der Waals surface area contributed by atoms with Gasteiger partial charge in [0.05, 0.1) is 16.9 Å². The van der Waals surface area contributed by atoms with Crippen LogP contribution in [0.2, 0.25) is 0 Å². The molecule has 0 aliphatic carbocycles. The lowest BCUT2D eigenvalue weighted by molar-refractivity contribution is 0.00578. The molecular weight excluding hydrogens is 395 g/mol. The molecule has 0 saturated carbocycles. The Hall–Kier alpha value is -1.83. The number of nitrogens with one attached hydrogen (secondary N) is 2. The van der Waals surface area contributed by atoms with Crippen molar-refractivity contribution in [3.05, 3.63) is 53.0 Å². The molecule has 0 unspecified atom stereocenters. The number of benzene rings is 2. The topological polar surface area (TPSA) is 59.6 Å². The number of halogens is 1. The second-order valence-corrected chi connectivity index (χ2v) is 8.12. The van der Waals surface area contributed by atoms with Crippen LogP contribution in [-0.2, 0) is 9.31 Å². The molecule has 1 saturated heterocycles. The van der Waals surface area contributed by atoms with Gasteiger partial charge in [-0.2, -0.15) is 0 Å². The highest BCUT2D eigenvalue weighted by Gasteiger charge is 2.51. The maximum atomic E-state index is 12.2. The molecule has 1 heterocycles. The van der Waals surface area contributed by atoms with Gasteiger partial charge in [-0.05, 0) is 73.4 Å². The van der Waals surface area contributed by atoms with Crippen LogP contribution in [-0.4, -0.2) is 24.4 Å². The van der Waals surface area contributed by atoms with Crippen molar-refractivity contribution in [1.82, 2.24) is 0 Å². The van der Waals surface area contributed by atoms with Gasteiger partial charge in [0.1, 0.15) is 0 Å². The Labute approximate surface area is 162 Å². The fourth-order valence-corrected chi connectivity index (χ4v) is 2.93. The molecule has 0 bridgehead atoms. The molecule has 1 fully saturated rings. The summed E-state index contributed by atoms with van der Waals surface area (Å²) < 4.78 is 12.9. The number of amides is 2. The minimum atomic E-state index is -0.414. The SMILES string of the molecule is CC1(C)OB(c2ccc(NC(=O)Nc3ccccc3Br)cc2)OC1(C)C. The number of hydrogen-bond acceptors (Lipinski definition) is 3. The van der Waals surface area contributed by atoms with Crippen LogP contribution >= 0.6 is 15.9 Å². The summed E-state index contributed by atoms with van der Waals surface area (Å²) in [5.41, 5.74) is 1.56. The lowest BCUT2D eigenvalue weighted by Crippen LogP contribution is -2.41. The zero-order chi connectivity index (χ0) is 18.9. The molecule has 136 valence electrons.